The number of ether oxygens (including phenoxy) is 1. The molecule has 2 N–H and O–H groups in total. The third-order valence-electron chi connectivity index (χ3n) is 3.67. The number of rotatable bonds is 5. The Morgan fingerprint density at radius 3 is 2.33 bits per heavy atom. The van der Waals surface area contributed by atoms with Crippen LogP contribution in [0.25, 0.3) is 0 Å². The third kappa shape index (κ3) is 3.19. The molecule has 0 aliphatic heterocycles. The normalized spacial score (nSPS) is 12.0. The quantitative estimate of drug-likeness (QED) is 0.895. The monoisotopic (exact) mass is 284 g/mol. The fourth-order valence-corrected chi connectivity index (χ4v) is 2.62. The van der Waals surface area contributed by atoms with Gasteiger partial charge in [0.2, 0.25) is 0 Å². The van der Waals surface area contributed by atoms with Gasteiger partial charge in [0.25, 0.3) is 0 Å². The first kappa shape index (κ1) is 15.4. The highest BCUT2D eigenvalue weighted by atomic mass is 16.5. The molecule has 2 aromatic rings. The van der Waals surface area contributed by atoms with E-state index in [4.69, 9.17) is 10.5 Å². The third-order valence-corrected chi connectivity index (χ3v) is 3.67. The molecule has 0 aromatic heterocycles. The van der Waals surface area contributed by atoms with Gasteiger partial charge in [-0.3, -0.25) is 0 Å². The Hall–Kier alpha value is -2.00. The number of benzene rings is 2. The summed E-state index contributed by atoms with van der Waals surface area (Å²) in [6.45, 7) is 7.10. The van der Waals surface area contributed by atoms with Crippen LogP contribution in [-0.2, 0) is 0 Å². The highest BCUT2D eigenvalue weighted by Crippen LogP contribution is 2.37. The molecule has 1 atom stereocenters. The summed E-state index contributed by atoms with van der Waals surface area (Å²) in [5.74, 6) is 0.841. The number of aryl methyl sites for hydroxylation is 1. The molecule has 0 aliphatic carbocycles. The van der Waals surface area contributed by atoms with Gasteiger partial charge in [0.05, 0.1) is 7.11 Å². The first-order chi connectivity index (χ1) is 10.1. The lowest BCUT2D eigenvalue weighted by Crippen LogP contribution is -2.20. The van der Waals surface area contributed by atoms with Crippen LogP contribution < -0.4 is 15.4 Å². The minimum atomic E-state index is -0.0874. The Balaban J connectivity index is 2.54. The second kappa shape index (κ2) is 6.64. The summed E-state index contributed by atoms with van der Waals surface area (Å²) in [7, 11) is 1.69. The molecule has 0 fully saturated rings. The minimum Gasteiger partial charge on any atom is -0.496 e. The fraction of sp³-hybridized carbons (Fsp3) is 0.333. The lowest BCUT2D eigenvalue weighted by atomic mass is 10.0. The Labute approximate surface area is 127 Å². The maximum Gasteiger partial charge on any atom is 0.125 e. The summed E-state index contributed by atoms with van der Waals surface area (Å²) in [5, 5.41) is 0. The molecule has 21 heavy (non-hydrogen) atoms. The van der Waals surface area contributed by atoms with E-state index in [1.54, 1.807) is 7.11 Å². The Kier molecular flexibility index (Phi) is 4.86. The van der Waals surface area contributed by atoms with E-state index in [1.807, 2.05) is 19.1 Å². The average Bonchev–Trinajstić information content (AvgIpc) is 2.49. The van der Waals surface area contributed by atoms with Crippen LogP contribution in [0.15, 0.2) is 42.5 Å². The number of anilines is 2. The summed E-state index contributed by atoms with van der Waals surface area (Å²) in [6.07, 6.45) is 0. The molecule has 0 spiro atoms. The zero-order valence-corrected chi connectivity index (χ0v) is 13.3. The molecule has 0 bridgehead atoms. The van der Waals surface area contributed by atoms with Crippen molar-refractivity contribution in [2.24, 2.45) is 5.73 Å². The van der Waals surface area contributed by atoms with Crippen molar-refractivity contribution in [3.05, 3.63) is 53.6 Å². The van der Waals surface area contributed by atoms with Gasteiger partial charge in [0, 0.05) is 29.5 Å². The van der Waals surface area contributed by atoms with Crippen molar-refractivity contribution in [3.63, 3.8) is 0 Å². The van der Waals surface area contributed by atoms with E-state index in [1.165, 1.54) is 11.3 Å². The van der Waals surface area contributed by atoms with Gasteiger partial charge in [0.15, 0.2) is 0 Å². The van der Waals surface area contributed by atoms with Crippen LogP contribution in [0.3, 0.4) is 0 Å². The maximum absolute atomic E-state index is 6.18. The molecule has 2 rings (SSSR count). The minimum absolute atomic E-state index is 0.0874. The lowest BCUT2D eigenvalue weighted by Gasteiger charge is -2.28. The maximum atomic E-state index is 6.18. The summed E-state index contributed by atoms with van der Waals surface area (Å²) < 4.78 is 5.49. The predicted octanol–water partition coefficient (Wildman–Crippen LogP) is 4.18. The van der Waals surface area contributed by atoms with Gasteiger partial charge in [0.1, 0.15) is 5.75 Å². The van der Waals surface area contributed by atoms with Crippen LogP contribution in [0.4, 0.5) is 11.4 Å². The number of nitrogens with two attached hydrogens (primary N) is 1. The molecule has 112 valence electrons. The van der Waals surface area contributed by atoms with Gasteiger partial charge in [-0.25, -0.2) is 0 Å². The molecule has 0 radical (unpaired) electrons. The van der Waals surface area contributed by atoms with Crippen LogP contribution >= 0.6 is 0 Å². The van der Waals surface area contributed by atoms with E-state index in [0.29, 0.717) is 0 Å². The Bertz CT molecular complexity index is 591. The average molecular weight is 284 g/mol. The molecule has 0 heterocycles. The van der Waals surface area contributed by atoms with Crippen molar-refractivity contribution < 1.29 is 4.74 Å². The van der Waals surface area contributed by atoms with Crippen LogP contribution in [0.1, 0.15) is 31.0 Å². The van der Waals surface area contributed by atoms with Crippen molar-refractivity contribution in [1.82, 2.24) is 0 Å². The van der Waals surface area contributed by atoms with E-state index in [9.17, 15) is 0 Å². The zero-order valence-electron chi connectivity index (χ0n) is 13.3. The molecule has 0 amide bonds. The first-order valence-electron chi connectivity index (χ1n) is 7.35. The fourth-order valence-electron chi connectivity index (χ4n) is 2.62. The smallest absolute Gasteiger partial charge is 0.125 e. The first-order valence-corrected chi connectivity index (χ1v) is 7.35. The van der Waals surface area contributed by atoms with Gasteiger partial charge < -0.3 is 15.4 Å². The van der Waals surface area contributed by atoms with Gasteiger partial charge in [-0.05, 0) is 45.0 Å². The summed E-state index contributed by atoms with van der Waals surface area (Å²) in [5.41, 5.74) is 10.8. The highest BCUT2D eigenvalue weighted by Gasteiger charge is 2.18. The van der Waals surface area contributed by atoms with Crippen molar-refractivity contribution in [2.45, 2.75) is 26.8 Å². The number of hydrogen-bond donors (Lipinski definition) is 1. The largest absolute Gasteiger partial charge is 0.496 e. The van der Waals surface area contributed by atoms with Gasteiger partial charge in [-0.1, -0.05) is 23.8 Å². The van der Waals surface area contributed by atoms with Crippen LogP contribution in [0.5, 0.6) is 5.75 Å². The summed E-state index contributed by atoms with van der Waals surface area (Å²) in [4.78, 5) is 2.26. The number of hydrogen-bond acceptors (Lipinski definition) is 3. The zero-order chi connectivity index (χ0) is 15.4. The number of nitrogens with zero attached hydrogens (tertiary/aromatic N) is 1. The molecular weight excluding hydrogens is 260 g/mol. The van der Waals surface area contributed by atoms with Crippen LogP contribution in [0.2, 0.25) is 0 Å². The topological polar surface area (TPSA) is 38.5 Å². The molecule has 3 nitrogen and oxygen atoms in total. The highest BCUT2D eigenvalue weighted by molar-refractivity contribution is 5.70. The van der Waals surface area contributed by atoms with Crippen molar-refractivity contribution >= 4 is 11.4 Å². The SMILES string of the molecule is CCN(c1ccc(C)cc1)c1cccc(OC)c1C(C)N. The van der Waals surface area contributed by atoms with Crippen LogP contribution in [0, 0.1) is 6.92 Å². The van der Waals surface area contributed by atoms with E-state index >= 15 is 0 Å². The number of methoxy groups -OCH3 is 1. The van der Waals surface area contributed by atoms with Crippen molar-refractivity contribution in [3.8, 4) is 5.75 Å². The predicted molar refractivity (Wildman–Crippen MR) is 89.5 cm³/mol. The van der Waals surface area contributed by atoms with Gasteiger partial charge >= 0.3 is 0 Å². The second-order valence-corrected chi connectivity index (χ2v) is 5.26. The second-order valence-electron chi connectivity index (χ2n) is 5.26. The molecule has 0 saturated carbocycles. The molecule has 1 unspecified atom stereocenters. The van der Waals surface area contributed by atoms with E-state index in [-0.39, 0.29) is 6.04 Å². The molecule has 2 aromatic carbocycles. The molecule has 0 aliphatic rings. The Morgan fingerprint density at radius 2 is 1.81 bits per heavy atom. The Morgan fingerprint density at radius 1 is 1.14 bits per heavy atom. The molecule has 0 saturated heterocycles. The van der Waals surface area contributed by atoms with Crippen LogP contribution in [-0.4, -0.2) is 13.7 Å². The van der Waals surface area contributed by atoms with E-state index < -0.39 is 0 Å². The van der Waals surface area contributed by atoms with Gasteiger partial charge in [-0.2, -0.15) is 0 Å². The standard InChI is InChI=1S/C18H24N2O/c1-5-20(15-11-9-13(2)10-12-15)16-7-6-8-17(21-4)18(16)14(3)19/h6-12,14H,5,19H2,1-4H3. The van der Waals surface area contributed by atoms with E-state index in [2.05, 4.69) is 49.1 Å². The van der Waals surface area contributed by atoms with E-state index in [0.717, 1.165) is 23.5 Å². The lowest BCUT2D eigenvalue weighted by molar-refractivity contribution is 0.407. The van der Waals surface area contributed by atoms with Crippen molar-refractivity contribution in [1.29, 1.82) is 0 Å². The summed E-state index contributed by atoms with van der Waals surface area (Å²) >= 11 is 0. The van der Waals surface area contributed by atoms with Crippen molar-refractivity contribution in [2.75, 3.05) is 18.6 Å². The van der Waals surface area contributed by atoms with Gasteiger partial charge in [-0.15, -0.1) is 0 Å². The molecular formula is C18H24N2O. The summed E-state index contributed by atoms with van der Waals surface area (Å²) in [6, 6.07) is 14.5. The molecule has 3 heteroatoms.